The number of aryl methyl sites for hydroxylation is 2. The summed E-state index contributed by atoms with van der Waals surface area (Å²) in [5.41, 5.74) is 16.1. The minimum Gasteiger partial charge on any atom is -0.357 e. The first kappa shape index (κ1) is 33.4. The summed E-state index contributed by atoms with van der Waals surface area (Å²) in [7, 11) is 0. The van der Waals surface area contributed by atoms with E-state index in [2.05, 4.69) is 185 Å². The zero-order valence-electron chi connectivity index (χ0n) is 32.3. The molecule has 0 bridgehead atoms. The third kappa shape index (κ3) is 5.28. The van der Waals surface area contributed by atoms with Gasteiger partial charge in [0.25, 0.3) is 0 Å². The van der Waals surface area contributed by atoms with E-state index in [1.54, 1.807) is 0 Å². The van der Waals surface area contributed by atoms with Crippen molar-refractivity contribution in [1.82, 2.24) is 14.5 Å². The number of rotatable bonds is 5. The second-order valence-corrected chi connectivity index (χ2v) is 16.2. The van der Waals surface area contributed by atoms with Crippen LogP contribution in [0.3, 0.4) is 0 Å². The van der Waals surface area contributed by atoms with Gasteiger partial charge in [-0.05, 0) is 119 Å². The first-order chi connectivity index (χ1) is 28.8. The fourth-order valence-corrected chi connectivity index (χ4v) is 10.4. The van der Waals surface area contributed by atoms with Crippen molar-refractivity contribution in [3.63, 3.8) is 0 Å². The van der Waals surface area contributed by atoms with Gasteiger partial charge < -0.3 is 9.47 Å². The SMILES string of the molecule is C1=Cc2c(nc(-c3ccc(N4C5CC=c6ccccc6=C5C5C=C(c6ccc7c(c6)c6c(n7-c7ccccc7)C=CCC6)C=CC54)cc3)nc2-c2ccccc2)CC1. The summed E-state index contributed by atoms with van der Waals surface area (Å²) < 4.78 is 2.44. The van der Waals surface area contributed by atoms with Gasteiger partial charge in [-0.25, -0.2) is 9.97 Å². The number of para-hydroxylation sites is 1. The monoisotopic (exact) mass is 746 g/mol. The maximum atomic E-state index is 5.20. The summed E-state index contributed by atoms with van der Waals surface area (Å²) in [6.07, 6.45) is 24.0. The van der Waals surface area contributed by atoms with Crippen LogP contribution in [0.5, 0.6) is 0 Å². The Morgan fingerprint density at radius 2 is 1.41 bits per heavy atom. The number of aromatic nitrogens is 3. The van der Waals surface area contributed by atoms with E-state index >= 15 is 0 Å². The molecule has 0 amide bonds. The summed E-state index contributed by atoms with van der Waals surface area (Å²) in [6, 6.07) is 47.1. The summed E-state index contributed by atoms with van der Waals surface area (Å²) >= 11 is 0. The molecule has 278 valence electrons. The van der Waals surface area contributed by atoms with E-state index in [4.69, 9.17) is 9.97 Å². The second kappa shape index (κ2) is 13.4. The van der Waals surface area contributed by atoms with Crippen molar-refractivity contribution in [3.8, 4) is 28.3 Å². The topological polar surface area (TPSA) is 34.0 Å². The molecule has 3 atom stereocenters. The van der Waals surface area contributed by atoms with Crippen molar-refractivity contribution in [2.75, 3.05) is 4.90 Å². The molecule has 3 heterocycles. The van der Waals surface area contributed by atoms with Gasteiger partial charge in [0, 0.05) is 45.1 Å². The maximum absolute atomic E-state index is 5.20. The van der Waals surface area contributed by atoms with E-state index < -0.39 is 0 Å². The lowest BCUT2D eigenvalue weighted by Gasteiger charge is -2.33. The number of allylic oxidation sites excluding steroid dienone is 4. The van der Waals surface area contributed by atoms with Crippen molar-refractivity contribution in [2.45, 2.75) is 44.2 Å². The zero-order valence-corrected chi connectivity index (χ0v) is 32.3. The quantitative estimate of drug-likeness (QED) is 0.176. The van der Waals surface area contributed by atoms with Gasteiger partial charge in [-0.3, -0.25) is 0 Å². The highest BCUT2D eigenvalue weighted by molar-refractivity contribution is 5.95. The molecule has 5 aliphatic rings. The highest BCUT2D eigenvalue weighted by Crippen LogP contribution is 2.46. The Morgan fingerprint density at radius 1 is 0.638 bits per heavy atom. The van der Waals surface area contributed by atoms with Crippen molar-refractivity contribution in [1.29, 1.82) is 0 Å². The molecule has 1 aliphatic heterocycles. The number of fused-ring (bicyclic) bond motifs is 8. The predicted octanol–water partition coefficient (Wildman–Crippen LogP) is 10.5. The van der Waals surface area contributed by atoms with Crippen LogP contribution in [0, 0.1) is 5.92 Å². The van der Waals surface area contributed by atoms with Crippen molar-refractivity contribution >= 4 is 46.0 Å². The molecule has 7 aromatic rings. The summed E-state index contributed by atoms with van der Waals surface area (Å²) in [4.78, 5) is 13.0. The molecule has 2 aromatic heterocycles. The number of hydrogen-bond donors (Lipinski definition) is 0. The van der Waals surface area contributed by atoms with Crippen LogP contribution < -0.4 is 15.3 Å². The lowest BCUT2D eigenvalue weighted by Crippen LogP contribution is -2.40. The Hall–Kier alpha value is -6.78. The number of hydrogen-bond acceptors (Lipinski definition) is 3. The largest absolute Gasteiger partial charge is 0.357 e. The number of anilines is 1. The minimum atomic E-state index is 0.214. The van der Waals surface area contributed by atoms with Crippen LogP contribution in [-0.2, 0) is 12.8 Å². The molecule has 58 heavy (non-hydrogen) atoms. The van der Waals surface area contributed by atoms with E-state index in [1.807, 2.05) is 0 Å². The van der Waals surface area contributed by atoms with E-state index in [0.29, 0.717) is 0 Å². The fourth-order valence-electron chi connectivity index (χ4n) is 10.4. The molecule has 4 nitrogen and oxygen atoms in total. The van der Waals surface area contributed by atoms with Gasteiger partial charge in [-0.1, -0.05) is 121 Å². The Bertz CT molecular complexity index is 3040. The van der Waals surface area contributed by atoms with Crippen LogP contribution in [0.2, 0.25) is 0 Å². The van der Waals surface area contributed by atoms with Gasteiger partial charge in [0.1, 0.15) is 0 Å². The molecule has 4 heteroatoms. The highest BCUT2D eigenvalue weighted by Gasteiger charge is 2.45. The smallest absolute Gasteiger partial charge is 0.160 e. The summed E-state index contributed by atoms with van der Waals surface area (Å²) in [5.74, 6) is 1.05. The van der Waals surface area contributed by atoms with Crippen molar-refractivity contribution < 1.29 is 0 Å². The number of nitrogens with zero attached hydrogens (tertiary/aromatic N) is 4. The Balaban J connectivity index is 0.937. The molecule has 0 saturated carbocycles. The molecule has 12 rings (SSSR count). The van der Waals surface area contributed by atoms with Crippen LogP contribution in [0.1, 0.15) is 47.3 Å². The summed E-state index contributed by atoms with van der Waals surface area (Å²) in [6.45, 7) is 0. The molecule has 1 saturated heterocycles. The van der Waals surface area contributed by atoms with E-state index in [0.717, 1.165) is 66.0 Å². The first-order valence-electron chi connectivity index (χ1n) is 20.9. The third-order valence-electron chi connectivity index (χ3n) is 13.0. The predicted molar refractivity (Wildman–Crippen MR) is 240 cm³/mol. The van der Waals surface area contributed by atoms with Crippen molar-refractivity contribution in [2.24, 2.45) is 5.92 Å². The van der Waals surface area contributed by atoms with Gasteiger partial charge in [-0.15, -0.1) is 0 Å². The van der Waals surface area contributed by atoms with Crippen LogP contribution in [0.25, 0.3) is 68.6 Å². The molecule has 4 aliphatic carbocycles. The normalized spacial score (nSPS) is 19.9. The van der Waals surface area contributed by atoms with Crippen LogP contribution >= 0.6 is 0 Å². The Kier molecular flexibility index (Phi) is 7.72. The van der Waals surface area contributed by atoms with Crippen LogP contribution in [0.4, 0.5) is 5.69 Å². The van der Waals surface area contributed by atoms with E-state index in [-0.39, 0.29) is 18.0 Å². The zero-order chi connectivity index (χ0) is 38.2. The van der Waals surface area contributed by atoms with Crippen molar-refractivity contribution in [3.05, 3.63) is 196 Å². The Labute approximate surface area is 338 Å². The Morgan fingerprint density at radius 3 is 2.29 bits per heavy atom. The van der Waals surface area contributed by atoms with Gasteiger partial charge in [-0.2, -0.15) is 0 Å². The lowest BCUT2D eigenvalue weighted by atomic mass is 9.82. The fraction of sp³-hybridized carbons (Fsp3) is 0.148. The molecule has 5 aromatic carbocycles. The number of benzene rings is 5. The minimum absolute atomic E-state index is 0.214. The van der Waals surface area contributed by atoms with Gasteiger partial charge >= 0.3 is 0 Å². The molecule has 0 N–H and O–H groups in total. The molecular formula is C54H42N4. The molecule has 0 radical (unpaired) electrons. The summed E-state index contributed by atoms with van der Waals surface area (Å²) in [5, 5.41) is 4.11. The lowest BCUT2D eigenvalue weighted by molar-refractivity contribution is 0.679. The third-order valence-corrected chi connectivity index (χ3v) is 13.0. The molecular weight excluding hydrogens is 705 g/mol. The molecule has 3 unspecified atom stereocenters. The van der Waals surface area contributed by atoms with Gasteiger partial charge in [0.05, 0.1) is 29.0 Å². The van der Waals surface area contributed by atoms with Gasteiger partial charge in [0.15, 0.2) is 5.82 Å². The second-order valence-electron chi connectivity index (χ2n) is 16.2. The average molecular weight is 747 g/mol. The molecule has 1 fully saturated rings. The van der Waals surface area contributed by atoms with E-state index in [1.165, 1.54) is 60.7 Å². The highest BCUT2D eigenvalue weighted by atomic mass is 15.2. The standard InChI is InChI=1S/C54H42N4/c1-3-14-36(15-4-1)53-44-20-9-11-21-47(44)55-54(56-53)37-23-28-41(29-24-37)58-50-31-27-39(34-46(50)52-42-18-8-7-13-35(42)25-32-51(52)58)38-26-30-49-45(33-38)43-19-10-12-22-48(43)57(49)40-16-5-2-6-17-40/h1-9,12-18,20,22-31,33-34,46,50-51H,10-11,19,21,32H2. The first-order valence-corrected chi connectivity index (χ1v) is 20.9. The van der Waals surface area contributed by atoms with E-state index in [9.17, 15) is 0 Å². The van der Waals surface area contributed by atoms with Crippen LogP contribution in [0.15, 0.2) is 158 Å². The molecule has 0 spiro atoms. The maximum Gasteiger partial charge on any atom is 0.160 e. The average Bonchev–Trinajstić information content (AvgIpc) is 3.82. The van der Waals surface area contributed by atoms with Gasteiger partial charge in [0.2, 0.25) is 0 Å². The van der Waals surface area contributed by atoms with Crippen LogP contribution in [-0.4, -0.2) is 26.6 Å².